The Hall–Kier alpha value is -0.470. The number of rotatable bonds is 5. The first kappa shape index (κ1) is 14.9. The van der Waals surface area contributed by atoms with E-state index >= 15 is 0 Å². The van der Waals surface area contributed by atoms with Gasteiger partial charge in [-0.15, -0.1) is 0 Å². The fourth-order valence-corrected chi connectivity index (χ4v) is 4.59. The first-order valence-electron chi connectivity index (χ1n) is 6.52. The molecule has 19 heavy (non-hydrogen) atoms. The van der Waals surface area contributed by atoms with Crippen molar-refractivity contribution < 1.29 is 8.42 Å². The van der Waals surface area contributed by atoms with E-state index in [-0.39, 0.29) is 12.0 Å². The number of piperidine rings is 1. The summed E-state index contributed by atoms with van der Waals surface area (Å²) in [7, 11) is -3.42. The van der Waals surface area contributed by atoms with Crippen molar-refractivity contribution in [3.05, 3.63) is 22.4 Å². The molecule has 1 aromatic rings. The Bertz CT molecular complexity index is 487. The zero-order chi connectivity index (χ0) is 13.9. The van der Waals surface area contributed by atoms with Gasteiger partial charge in [0.25, 0.3) is 10.2 Å². The van der Waals surface area contributed by atoms with Crippen LogP contribution in [0.5, 0.6) is 0 Å². The average Bonchev–Trinajstić information content (AvgIpc) is 2.92. The summed E-state index contributed by atoms with van der Waals surface area (Å²) in [5.41, 5.74) is 6.65. The molecular weight excluding hydrogens is 282 g/mol. The van der Waals surface area contributed by atoms with E-state index in [9.17, 15) is 8.42 Å². The van der Waals surface area contributed by atoms with Gasteiger partial charge >= 0.3 is 0 Å². The van der Waals surface area contributed by atoms with Gasteiger partial charge in [0.05, 0.1) is 0 Å². The number of nitrogens with one attached hydrogen (secondary N) is 1. The van der Waals surface area contributed by atoms with E-state index in [2.05, 4.69) is 4.72 Å². The maximum atomic E-state index is 12.3. The second-order valence-electron chi connectivity index (χ2n) is 5.00. The second-order valence-corrected chi connectivity index (χ2v) is 7.49. The molecule has 2 atom stereocenters. The van der Waals surface area contributed by atoms with Crippen LogP contribution in [0.2, 0.25) is 0 Å². The van der Waals surface area contributed by atoms with Gasteiger partial charge in [0.1, 0.15) is 0 Å². The molecule has 0 aliphatic carbocycles. The molecular formula is C12H21N3O2S2. The van der Waals surface area contributed by atoms with Gasteiger partial charge in [-0.1, -0.05) is 0 Å². The zero-order valence-corrected chi connectivity index (χ0v) is 12.7. The Kier molecular flexibility index (Phi) is 4.97. The summed E-state index contributed by atoms with van der Waals surface area (Å²) in [6.45, 7) is 3.53. The highest BCUT2D eigenvalue weighted by Crippen LogP contribution is 2.21. The van der Waals surface area contributed by atoms with Crippen LogP contribution in [0.15, 0.2) is 16.8 Å². The number of hydrogen-bond acceptors (Lipinski definition) is 4. The Morgan fingerprint density at radius 2 is 2.42 bits per heavy atom. The third-order valence-corrected chi connectivity index (χ3v) is 5.89. The Morgan fingerprint density at radius 3 is 3.05 bits per heavy atom. The van der Waals surface area contributed by atoms with E-state index in [0.29, 0.717) is 19.6 Å². The van der Waals surface area contributed by atoms with E-state index in [4.69, 9.17) is 5.73 Å². The molecule has 0 amide bonds. The van der Waals surface area contributed by atoms with Crippen LogP contribution in [0.4, 0.5) is 0 Å². The standard InChI is InChI=1S/C12H21N3O2S2/c1-10(12-4-6-18-9-12)14-19(16,17)15-5-2-3-11(7-13)8-15/h4,6,9-11,14H,2-3,5,7-8,13H2,1H3. The van der Waals surface area contributed by atoms with Gasteiger partial charge < -0.3 is 5.73 Å². The minimum absolute atomic E-state index is 0.200. The van der Waals surface area contributed by atoms with E-state index in [1.165, 1.54) is 4.31 Å². The summed E-state index contributed by atoms with van der Waals surface area (Å²) < 4.78 is 28.9. The molecule has 1 aromatic heterocycles. The third-order valence-electron chi connectivity index (χ3n) is 3.52. The lowest BCUT2D eigenvalue weighted by atomic mass is 10.0. The van der Waals surface area contributed by atoms with E-state index in [1.54, 1.807) is 11.3 Å². The van der Waals surface area contributed by atoms with Crippen molar-refractivity contribution in [1.29, 1.82) is 0 Å². The molecule has 1 aliphatic heterocycles. The van der Waals surface area contributed by atoms with Crippen LogP contribution in [0.25, 0.3) is 0 Å². The van der Waals surface area contributed by atoms with Gasteiger partial charge in [-0.25, -0.2) is 0 Å². The third kappa shape index (κ3) is 3.76. The average molecular weight is 303 g/mol. The molecule has 0 aromatic carbocycles. The highest BCUT2D eigenvalue weighted by atomic mass is 32.2. The van der Waals surface area contributed by atoms with Crippen LogP contribution in [-0.2, 0) is 10.2 Å². The van der Waals surface area contributed by atoms with Crippen molar-refractivity contribution in [1.82, 2.24) is 9.03 Å². The first-order chi connectivity index (χ1) is 9.03. The predicted octanol–water partition coefficient (Wildman–Crippen LogP) is 1.31. The van der Waals surface area contributed by atoms with Gasteiger partial charge in [-0.3, -0.25) is 0 Å². The van der Waals surface area contributed by atoms with Crippen LogP contribution >= 0.6 is 11.3 Å². The lowest BCUT2D eigenvalue weighted by Gasteiger charge is -2.32. The molecule has 3 N–H and O–H groups in total. The van der Waals surface area contributed by atoms with Gasteiger partial charge in [0.15, 0.2) is 0 Å². The molecule has 1 aliphatic rings. The quantitative estimate of drug-likeness (QED) is 0.861. The number of nitrogens with two attached hydrogens (primary N) is 1. The molecule has 0 radical (unpaired) electrons. The number of hydrogen-bond donors (Lipinski definition) is 2. The molecule has 5 nitrogen and oxygen atoms in total. The van der Waals surface area contributed by atoms with Crippen molar-refractivity contribution >= 4 is 21.5 Å². The van der Waals surface area contributed by atoms with Gasteiger partial charge in [0.2, 0.25) is 0 Å². The Labute approximate surface area is 119 Å². The largest absolute Gasteiger partial charge is 0.330 e. The Balaban J connectivity index is 2.01. The summed E-state index contributed by atoms with van der Waals surface area (Å²) in [6.07, 6.45) is 1.90. The molecule has 2 unspecified atom stereocenters. The molecule has 0 spiro atoms. The number of nitrogens with zero attached hydrogens (tertiary/aromatic N) is 1. The van der Waals surface area contributed by atoms with Crippen molar-refractivity contribution in [3.8, 4) is 0 Å². The molecule has 1 fully saturated rings. The molecule has 7 heteroatoms. The maximum Gasteiger partial charge on any atom is 0.280 e. The molecule has 2 heterocycles. The van der Waals surface area contributed by atoms with Crippen molar-refractivity contribution in [2.24, 2.45) is 11.7 Å². The summed E-state index contributed by atoms with van der Waals surface area (Å²) in [6, 6.07) is 1.74. The predicted molar refractivity (Wildman–Crippen MR) is 78.1 cm³/mol. The number of thiophene rings is 1. The normalized spacial score (nSPS) is 23.4. The van der Waals surface area contributed by atoms with Crippen LogP contribution < -0.4 is 10.5 Å². The summed E-state index contributed by atoms with van der Waals surface area (Å²) >= 11 is 1.57. The van der Waals surface area contributed by atoms with Crippen LogP contribution in [0, 0.1) is 5.92 Å². The van der Waals surface area contributed by atoms with Gasteiger partial charge in [0, 0.05) is 19.1 Å². The van der Waals surface area contributed by atoms with Crippen LogP contribution in [0.3, 0.4) is 0 Å². The van der Waals surface area contributed by atoms with Gasteiger partial charge in [-0.2, -0.15) is 28.8 Å². The van der Waals surface area contributed by atoms with Crippen molar-refractivity contribution in [2.45, 2.75) is 25.8 Å². The SMILES string of the molecule is CC(NS(=O)(=O)N1CCCC(CN)C1)c1ccsc1. The topological polar surface area (TPSA) is 75.4 Å². The van der Waals surface area contributed by atoms with Crippen molar-refractivity contribution in [2.75, 3.05) is 19.6 Å². The fourth-order valence-electron chi connectivity index (χ4n) is 2.32. The molecule has 2 rings (SSSR count). The monoisotopic (exact) mass is 303 g/mol. The zero-order valence-electron chi connectivity index (χ0n) is 11.1. The lowest BCUT2D eigenvalue weighted by molar-refractivity contribution is 0.267. The second kappa shape index (κ2) is 6.32. The Morgan fingerprint density at radius 1 is 1.63 bits per heavy atom. The highest BCUT2D eigenvalue weighted by molar-refractivity contribution is 7.87. The lowest BCUT2D eigenvalue weighted by Crippen LogP contribution is -2.47. The summed E-state index contributed by atoms with van der Waals surface area (Å²) in [5, 5.41) is 3.91. The highest BCUT2D eigenvalue weighted by Gasteiger charge is 2.29. The molecule has 1 saturated heterocycles. The summed E-state index contributed by atoms with van der Waals surface area (Å²) in [4.78, 5) is 0. The minimum atomic E-state index is -3.42. The molecule has 0 bridgehead atoms. The maximum absolute atomic E-state index is 12.3. The van der Waals surface area contributed by atoms with E-state index in [0.717, 1.165) is 18.4 Å². The first-order valence-corrected chi connectivity index (χ1v) is 8.91. The van der Waals surface area contributed by atoms with Gasteiger partial charge in [-0.05, 0) is 54.6 Å². The van der Waals surface area contributed by atoms with E-state index < -0.39 is 10.2 Å². The van der Waals surface area contributed by atoms with E-state index in [1.807, 2.05) is 23.8 Å². The minimum Gasteiger partial charge on any atom is -0.330 e. The van der Waals surface area contributed by atoms with Crippen molar-refractivity contribution in [3.63, 3.8) is 0 Å². The summed E-state index contributed by atoms with van der Waals surface area (Å²) in [5.74, 6) is 0.279. The smallest absolute Gasteiger partial charge is 0.280 e. The molecule has 108 valence electrons. The fraction of sp³-hybridized carbons (Fsp3) is 0.667. The molecule has 0 saturated carbocycles. The van der Waals surface area contributed by atoms with Crippen LogP contribution in [-0.4, -0.2) is 32.4 Å². The van der Waals surface area contributed by atoms with Crippen LogP contribution in [0.1, 0.15) is 31.4 Å².